The number of benzene rings is 2. The molecule has 0 unspecified atom stereocenters. The molecule has 0 spiro atoms. The molecule has 1 aliphatic rings. The second kappa shape index (κ2) is 11.9. The molecule has 2 aromatic heterocycles. The number of para-hydroxylation sites is 3. The van der Waals surface area contributed by atoms with Crippen molar-refractivity contribution in [1.82, 2.24) is 24.6 Å². The first-order chi connectivity index (χ1) is 19.4. The Morgan fingerprint density at radius 2 is 1.93 bits per heavy atom. The summed E-state index contributed by atoms with van der Waals surface area (Å²) < 4.78 is 15.5. The van der Waals surface area contributed by atoms with E-state index < -0.39 is 18.1 Å². The van der Waals surface area contributed by atoms with E-state index in [9.17, 15) is 14.7 Å². The number of amides is 1. The van der Waals surface area contributed by atoms with E-state index in [2.05, 4.69) is 15.3 Å². The standard InChI is InChI=1S/C30H35N5O5/c1-4-39-30-21(13-10-16-36)22(27-19(2)34(3)35(29(27)38)20-11-6-5-7-12-20)17-25(40-30)28(37)31-18-26-32-23-14-8-9-15-24(23)33-26/h5-9,11-12,14-15,17,21-22,30,36H,4,10,13,16,18H2,1-3H3,(H,31,37)(H,32,33)/t21-,22-,30+/m1/s1. The SMILES string of the molecule is CCO[C@H]1OC(C(=O)NCc2nc3ccccc3[nH]2)=C[C@@H](c2c(C)n(C)n(-c3ccccc3)c2=O)[C@H]1CCCO. The van der Waals surface area contributed by atoms with Gasteiger partial charge in [-0.15, -0.1) is 0 Å². The van der Waals surface area contributed by atoms with Crippen LogP contribution >= 0.6 is 0 Å². The van der Waals surface area contributed by atoms with Crippen molar-refractivity contribution in [3.8, 4) is 5.69 Å². The van der Waals surface area contributed by atoms with Crippen LogP contribution in [0, 0.1) is 12.8 Å². The lowest BCUT2D eigenvalue weighted by molar-refractivity contribution is -0.166. The van der Waals surface area contributed by atoms with Gasteiger partial charge in [0.05, 0.1) is 23.3 Å². The third kappa shape index (κ3) is 5.32. The largest absolute Gasteiger partial charge is 0.459 e. The molecule has 5 rings (SSSR count). The van der Waals surface area contributed by atoms with Gasteiger partial charge in [0.15, 0.2) is 5.76 Å². The van der Waals surface area contributed by atoms with Crippen molar-refractivity contribution >= 4 is 16.9 Å². The zero-order valence-electron chi connectivity index (χ0n) is 23.0. The maximum Gasteiger partial charge on any atom is 0.286 e. The summed E-state index contributed by atoms with van der Waals surface area (Å²) in [6, 6.07) is 17.1. The number of fused-ring (bicyclic) bond motifs is 1. The lowest BCUT2D eigenvalue weighted by Gasteiger charge is -2.36. The molecule has 10 heteroatoms. The molecule has 0 aliphatic carbocycles. The van der Waals surface area contributed by atoms with E-state index in [-0.39, 0.29) is 30.4 Å². The van der Waals surface area contributed by atoms with E-state index in [0.717, 1.165) is 22.4 Å². The van der Waals surface area contributed by atoms with Gasteiger partial charge in [0.25, 0.3) is 11.5 Å². The highest BCUT2D eigenvalue weighted by atomic mass is 16.7. The van der Waals surface area contributed by atoms with Gasteiger partial charge in [-0.1, -0.05) is 30.3 Å². The van der Waals surface area contributed by atoms with E-state index in [1.54, 1.807) is 10.8 Å². The zero-order chi connectivity index (χ0) is 28.2. The molecular formula is C30H35N5O5. The van der Waals surface area contributed by atoms with Crippen molar-refractivity contribution < 1.29 is 19.4 Å². The number of H-pyrrole nitrogens is 1. The Bertz CT molecular complexity index is 1540. The normalized spacial score (nSPS) is 18.9. The monoisotopic (exact) mass is 545 g/mol. The third-order valence-electron chi connectivity index (χ3n) is 7.42. The average Bonchev–Trinajstić information content (AvgIpc) is 3.48. The number of aromatic amines is 1. The number of carbonyl (C=O) groups is 1. The highest BCUT2D eigenvalue weighted by Crippen LogP contribution is 2.39. The number of hydrogen-bond donors (Lipinski definition) is 3. The minimum Gasteiger partial charge on any atom is -0.459 e. The van der Waals surface area contributed by atoms with Crippen LogP contribution in [-0.4, -0.2) is 49.8 Å². The summed E-state index contributed by atoms with van der Waals surface area (Å²) in [5.41, 5.74) is 3.64. The molecule has 0 saturated heterocycles. The van der Waals surface area contributed by atoms with Crippen LogP contribution in [0.2, 0.25) is 0 Å². The highest BCUT2D eigenvalue weighted by molar-refractivity contribution is 5.91. The number of ether oxygens (including phenoxy) is 2. The number of imidazole rings is 1. The molecule has 0 fully saturated rings. The first-order valence-corrected chi connectivity index (χ1v) is 13.6. The van der Waals surface area contributed by atoms with Crippen LogP contribution in [0.25, 0.3) is 16.7 Å². The van der Waals surface area contributed by atoms with Crippen LogP contribution < -0.4 is 10.9 Å². The van der Waals surface area contributed by atoms with Crippen LogP contribution in [0.15, 0.2) is 71.2 Å². The Morgan fingerprint density at radius 1 is 1.18 bits per heavy atom. The van der Waals surface area contributed by atoms with Gasteiger partial charge in [-0.05, 0) is 57.0 Å². The summed E-state index contributed by atoms with van der Waals surface area (Å²) in [6.45, 7) is 4.30. The van der Waals surface area contributed by atoms with Crippen molar-refractivity contribution in [2.24, 2.45) is 13.0 Å². The molecule has 3 atom stereocenters. The molecule has 0 bridgehead atoms. The maximum atomic E-state index is 13.9. The molecule has 1 amide bonds. The van der Waals surface area contributed by atoms with Crippen LogP contribution in [0.5, 0.6) is 0 Å². The first-order valence-electron chi connectivity index (χ1n) is 13.6. The molecule has 210 valence electrons. The third-order valence-corrected chi connectivity index (χ3v) is 7.42. The van der Waals surface area contributed by atoms with Gasteiger partial charge in [-0.2, -0.15) is 0 Å². The van der Waals surface area contributed by atoms with Crippen molar-refractivity contribution in [2.75, 3.05) is 13.2 Å². The lowest BCUT2D eigenvalue weighted by Crippen LogP contribution is -2.40. The summed E-state index contributed by atoms with van der Waals surface area (Å²) in [6.07, 6.45) is 2.02. The summed E-state index contributed by atoms with van der Waals surface area (Å²) in [7, 11) is 1.85. The number of hydrogen-bond acceptors (Lipinski definition) is 6. The maximum absolute atomic E-state index is 13.9. The minimum absolute atomic E-state index is 0.00135. The summed E-state index contributed by atoms with van der Waals surface area (Å²) in [5, 5.41) is 12.5. The molecule has 3 N–H and O–H groups in total. The van der Waals surface area contributed by atoms with Gasteiger partial charge in [-0.25, -0.2) is 9.67 Å². The van der Waals surface area contributed by atoms with Gasteiger partial charge in [0, 0.05) is 43.4 Å². The Labute approximate surface area is 232 Å². The van der Waals surface area contributed by atoms with Gasteiger partial charge in [0.2, 0.25) is 6.29 Å². The van der Waals surface area contributed by atoms with E-state index in [1.807, 2.05) is 80.2 Å². The Balaban J connectivity index is 1.51. The smallest absolute Gasteiger partial charge is 0.286 e. The molecular weight excluding hydrogens is 510 g/mol. The summed E-state index contributed by atoms with van der Waals surface area (Å²) in [5.74, 6) is -0.458. The number of nitrogens with one attached hydrogen (secondary N) is 2. The van der Waals surface area contributed by atoms with E-state index in [4.69, 9.17) is 9.47 Å². The van der Waals surface area contributed by atoms with Crippen molar-refractivity contribution in [1.29, 1.82) is 0 Å². The predicted octanol–water partition coefficient (Wildman–Crippen LogP) is 3.43. The second-order valence-corrected chi connectivity index (χ2v) is 9.89. The average molecular weight is 546 g/mol. The molecule has 3 heterocycles. The Kier molecular flexibility index (Phi) is 8.18. The zero-order valence-corrected chi connectivity index (χ0v) is 23.0. The van der Waals surface area contributed by atoms with Crippen LogP contribution in [0.3, 0.4) is 0 Å². The number of carbonyl (C=O) groups excluding carboxylic acids is 1. The topological polar surface area (TPSA) is 123 Å². The molecule has 1 aliphatic heterocycles. The number of aliphatic hydroxyl groups excluding tert-OH is 1. The van der Waals surface area contributed by atoms with Crippen LogP contribution in [-0.2, 0) is 27.9 Å². The van der Waals surface area contributed by atoms with E-state index in [0.29, 0.717) is 30.8 Å². The number of rotatable bonds is 10. The van der Waals surface area contributed by atoms with Crippen LogP contribution in [0.4, 0.5) is 0 Å². The molecule has 2 aromatic carbocycles. The fourth-order valence-electron chi connectivity index (χ4n) is 5.41. The summed E-state index contributed by atoms with van der Waals surface area (Å²) in [4.78, 5) is 35.0. The van der Waals surface area contributed by atoms with Crippen molar-refractivity contribution in [3.63, 3.8) is 0 Å². The molecule has 4 aromatic rings. The number of aromatic nitrogens is 4. The molecule has 0 saturated carbocycles. The van der Waals surface area contributed by atoms with Crippen molar-refractivity contribution in [3.05, 3.63) is 93.9 Å². The Morgan fingerprint density at radius 3 is 2.65 bits per heavy atom. The van der Waals surface area contributed by atoms with Crippen LogP contribution in [0.1, 0.15) is 42.8 Å². The first kappa shape index (κ1) is 27.4. The molecule has 10 nitrogen and oxygen atoms in total. The van der Waals surface area contributed by atoms with Gasteiger partial charge < -0.3 is 24.9 Å². The predicted molar refractivity (Wildman–Crippen MR) is 151 cm³/mol. The van der Waals surface area contributed by atoms with Crippen molar-refractivity contribution in [2.45, 2.75) is 45.4 Å². The second-order valence-electron chi connectivity index (χ2n) is 9.89. The quantitative estimate of drug-likeness (QED) is 0.281. The van der Waals surface area contributed by atoms with Gasteiger partial charge >= 0.3 is 0 Å². The minimum atomic E-state index is -0.761. The lowest BCUT2D eigenvalue weighted by atomic mass is 9.80. The number of allylic oxidation sites excluding steroid dienone is 1. The Hall–Kier alpha value is -4.15. The number of aliphatic hydroxyl groups is 1. The summed E-state index contributed by atoms with van der Waals surface area (Å²) >= 11 is 0. The fourth-order valence-corrected chi connectivity index (χ4v) is 5.41. The highest BCUT2D eigenvalue weighted by Gasteiger charge is 2.40. The van der Waals surface area contributed by atoms with Gasteiger partial charge in [-0.3, -0.25) is 14.3 Å². The molecule has 0 radical (unpaired) electrons. The molecule has 40 heavy (non-hydrogen) atoms. The van der Waals surface area contributed by atoms with E-state index >= 15 is 0 Å². The number of nitrogens with zero attached hydrogens (tertiary/aromatic N) is 3. The van der Waals surface area contributed by atoms with Gasteiger partial charge in [0.1, 0.15) is 5.82 Å². The fraction of sp³-hybridized carbons (Fsp3) is 0.367. The van der Waals surface area contributed by atoms with E-state index in [1.165, 1.54) is 0 Å².